The molecule has 35 heavy (non-hydrogen) atoms. The van der Waals surface area contributed by atoms with E-state index in [1.165, 1.54) is 60.2 Å². The van der Waals surface area contributed by atoms with Crippen molar-refractivity contribution >= 4 is 75.2 Å². The summed E-state index contributed by atoms with van der Waals surface area (Å²) in [6.07, 6.45) is 0. The van der Waals surface area contributed by atoms with Gasteiger partial charge in [-0.1, -0.05) is 105 Å². The first-order chi connectivity index (χ1) is 17.2. The van der Waals surface area contributed by atoms with Crippen LogP contribution in [0.4, 0.5) is 0 Å². The van der Waals surface area contributed by atoms with Gasteiger partial charge in [-0.25, -0.2) is 0 Å². The SMILES string of the molecule is Brc1cc(Br)cc(-c2ccc3c4ccccc4n(-c4ccc5c(ccc6ccccc65)c4)c3c2)c1. The van der Waals surface area contributed by atoms with Crippen LogP contribution in [-0.2, 0) is 0 Å². The second kappa shape index (κ2) is 8.08. The molecule has 7 rings (SSSR count). The van der Waals surface area contributed by atoms with E-state index in [4.69, 9.17) is 0 Å². The number of halogens is 2. The van der Waals surface area contributed by atoms with Crippen LogP contribution in [0.3, 0.4) is 0 Å². The molecule has 0 aliphatic rings. The van der Waals surface area contributed by atoms with Gasteiger partial charge < -0.3 is 4.57 Å². The third kappa shape index (κ3) is 3.42. The molecule has 1 nitrogen and oxygen atoms in total. The minimum absolute atomic E-state index is 1.06. The van der Waals surface area contributed by atoms with Crippen LogP contribution in [0, 0.1) is 0 Å². The maximum absolute atomic E-state index is 3.64. The molecule has 1 aromatic heterocycles. The number of rotatable bonds is 2. The van der Waals surface area contributed by atoms with E-state index in [1.807, 2.05) is 0 Å². The lowest BCUT2D eigenvalue weighted by molar-refractivity contribution is 1.19. The van der Waals surface area contributed by atoms with Crippen LogP contribution in [0.2, 0.25) is 0 Å². The van der Waals surface area contributed by atoms with Crippen molar-refractivity contribution in [2.24, 2.45) is 0 Å². The lowest BCUT2D eigenvalue weighted by Crippen LogP contribution is -1.94. The van der Waals surface area contributed by atoms with Crippen molar-refractivity contribution in [1.82, 2.24) is 4.57 Å². The lowest BCUT2D eigenvalue weighted by atomic mass is 10.0. The summed E-state index contributed by atoms with van der Waals surface area (Å²) in [6.45, 7) is 0. The first kappa shape index (κ1) is 20.9. The number of hydrogen-bond acceptors (Lipinski definition) is 0. The largest absolute Gasteiger partial charge is 0.309 e. The van der Waals surface area contributed by atoms with Crippen molar-refractivity contribution in [2.45, 2.75) is 0 Å². The summed E-state index contributed by atoms with van der Waals surface area (Å²) in [4.78, 5) is 0. The van der Waals surface area contributed by atoms with Gasteiger partial charge in [0.1, 0.15) is 0 Å². The summed E-state index contributed by atoms with van der Waals surface area (Å²) in [6, 6.07) is 41.8. The fourth-order valence-electron chi connectivity index (χ4n) is 5.29. The zero-order valence-electron chi connectivity index (χ0n) is 18.7. The van der Waals surface area contributed by atoms with Gasteiger partial charge >= 0.3 is 0 Å². The summed E-state index contributed by atoms with van der Waals surface area (Å²) in [5.41, 5.74) is 5.96. The summed E-state index contributed by atoms with van der Waals surface area (Å²) >= 11 is 7.29. The quantitative estimate of drug-likeness (QED) is 0.180. The van der Waals surface area contributed by atoms with Gasteiger partial charge in [-0.15, -0.1) is 0 Å². The van der Waals surface area contributed by atoms with E-state index in [1.54, 1.807) is 0 Å². The Kier molecular flexibility index (Phi) is 4.83. The monoisotopic (exact) mass is 575 g/mol. The molecule has 0 saturated heterocycles. The van der Waals surface area contributed by atoms with Crippen molar-refractivity contribution in [1.29, 1.82) is 0 Å². The van der Waals surface area contributed by atoms with E-state index in [2.05, 4.69) is 152 Å². The van der Waals surface area contributed by atoms with Crippen molar-refractivity contribution in [2.75, 3.05) is 0 Å². The average Bonchev–Trinajstić information content (AvgIpc) is 3.21. The molecule has 0 unspecified atom stereocenters. The predicted molar refractivity (Wildman–Crippen MR) is 157 cm³/mol. The maximum Gasteiger partial charge on any atom is 0.0547 e. The molecule has 0 saturated carbocycles. The van der Waals surface area contributed by atoms with Gasteiger partial charge in [-0.3, -0.25) is 0 Å². The third-order valence-corrected chi connectivity index (χ3v) is 7.77. The highest BCUT2D eigenvalue weighted by Crippen LogP contribution is 2.37. The highest BCUT2D eigenvalue weighted by atomic mass is 79.9. The summed E-state index contributed by atoms with van der Waals surface area (Å²) in [5, 5.41) is 7.63. The second-order valence-corrected chi connectivity index (χ2v) is 10.8. The first-order valence-electron chi connectivity index (χ1n) is 11.6. The molecule has 6 aromatic carbocycles. The molecule has 1 heterocycles. The molecule has 0 radical (unpaired) electrons. The summed E-state index contributed by atoms with van der Waals surface area (Å²) in [7, 11) is 0. The van der Waals surface area contributed by atoms with Gasteiger partial charge in [0.2, 0.25) is 0 Å². The smallest absolute Gasteiger partial charge is 0.0547 e. The fourth-order valence-corrected chi connectivity index (χ4v) is 6.58. The number of para-hydroxylation sites is 1. The van der Waals surface area contributed by atoms with Crippen LogP contribution in [0.5, 0.6) is 0 Å². The number of hydrogen-bond donors (Lipinski definition) is 0. The molecule has 0 atom stereocenters. The minimum Gasteiger partial charge on any atom is -0.309 e. The number of benzene rings is 6. The number of fused-ring (bicyclic) bond motifs is 6. The van der Waals surface area contributed by atoms with Crippen molar-refractivity contribution in [3.63, 3.8) is 0 Å². The molecule has 0 spiro atoms. The molecule has 0 fully saturated rings. The number of aromatic nitrogens is 1. The van der Waals surface area contributed by atoms with Gasteiger partial charge in [0.05, 0.1) is 11.0 Å². The topological polar surface area (TPSA) is 4.93 Å². The van der Waals surface area contributed by atoms with Gasteiger partial charge in [0.15, 0.2) is 0 Å². The highest BCUT2D eigenvalue weighted by molar-refractivity contribution is 9.11. The van der Waals surface area contributed by atoms with Crippen LogP contribution in [0.15, 0.2) is 124 Å². The van der Waals surface area contributed by atoms with Gasteiger partial charge in [0.25, 0.3) is 0 Å². The Morgan fingerprint density at radius 1 is 0.429 bits per heavy atom. The lowest BCUT2D eigenvalue weighted by Gasteiger charge is -2.12. The Bertz CT molecular complexity index is 1910. The van der Waals surface area contributed by atoms with Gasteiger partial charge in [-0.05, 0) is 75.1 Å². The molecule has 0 amide bonds. The van der Waals surface area contributed by atoms with E-state index < -0.39 is 0 Å². The fraction of sp³-hybridized carbons (Fsp3) is 0. The third-order valence-electron chi connectivity index (χ3n) is 6.86. The van der Waals surface area contributed by atoms with E-state index in [-0.39, 0.29) is 0 Å². The zero-order chi connectivity index (χ0) is 23.5. The summed E-state index contributed by atoms with van der Waals surface area (Å²) in [5.74, 6) is 0. The van der Waals surface area contributed by atoms with E-state index in [0.717, 1.165) is 8.95 Å². The van der Waals surface area contributed by atoms with E-state index in [9.17, 15) is 0 Å². The van der Waals surface area contributed by atoms with Crippen LogP contribution in [-0.4, -0.2) is 4.57 Å². The van der Waals surface area contributed by atoms with E-state index >= 15 is 0 Å². The Balaban J connectivity index is 1.52. The van der Waals surface area contributed by atoms with Crippen LogP contribution in [0.1, 0.15) is 0 Å². The maximum atomic E-state index is 3.64. The van der Waals surface area contributed by atoms with Crippen LogP contribution in [0.25, 0.3) is 60.2 Å². The molecule has 0 aliphatic carbocycles. The minimum atomic E-state index is 1.06. The Labute approximate surface area is 219 Å². The first-order valence-corrected chi connectivity index (χ1v) is 13.2. The van der Waals surface area contributed by atoms with Crippen molar-refractivity contribution in [3.8, 4) is 16.8 Å². The van der Waals surface area contributed by atoms with Crippen LogP contribution < -0.4 is 0 Å². The van der Waals surface area contributed by atoms with Gasteiger partial charge in [0, 0.05) is 25.4 Å². The van der Waals surface area contributed by atoms with Gasteiger partial charge in [-0.2, -0.15) is 0 Å². The van der Waals surface area contributed by atoms with Crippen molar-refractivity contribution in [3.05, 3.63) is 124 Å². The number of nitrogens with zero attached hydrogens (tertiary/aromatic N) is 1. The zero-order valence-corrected chi connectivity index (χ0v) is 21.8. The van der Waals surface area contributed by atoms with Crippen molar-refractivity contribution < 1.29 is 0 Å². The molecular formula is C32H19Br2N. The molecule has 0 N–H and O–H groups in total. The highest BCUT2D eigenvalue weighted by Gasteiger charge is 2.14. The normalized spacial score (nSPS) is 11.7. The average molecular weight is 577 g/mol. The molecule has 166 valence electrons. The Morgan fingerprint density at radius 3 is 1.94 bits per heavy atom. The molecule has 0 bridgehead atoms. The predicted octanol–water partition coefficient (Wildman–Crippen LogP) is 10.3. The molecule has 3 heteroatoms. The second-order valence-electron chi connectivity index (χ2n) is 8.93. The standard InChI is InChI=1S/C32H19Br2N/c33-24-15-23(16-25(34)19-24)21-11-13-30-29-7-3-4-8-31(29)35(32(30)18-21)26-12-14-28-22(17-26)10-9-20-5-1-2-6-27(20)28/h1-19H. The molecule has 7 aromatic rings. The Hall–Kier alpha value is -3.40. The molecular weight excluding hydrogens is 558 g/mol. The Morgan fingerprint density at radius 2 is 1.09 bits per heavy atom. The summed E-state index contributed by atoms with van der Waals surface area (Å²) < 4.78 is 4.52. The van der Waals surface area contributed by atoms with E-state index in [0.29, 0.717) is 0 Å². The molecule has 0 aliphatic heterocycles. The van der Waals surface area contributed by atoms with Crippen LogP contribution >= 0.6 is 31.9 Å².